The minimum atomic E-state index is -4.26. The summed E-state index contributed by atoms with van der Waals surface area (Å²) in [6, 6.07) is 12.9. The van der Waals surface area contributed by atoms with Crippen molar-refractivity contribution in [1.82, 2.24) is 14.7 Å². The van der Waals surface area contributed by atoms with Gasteiger partial charge < -0.3 is 20.1 Å². The second-order valence-electron chi connectivity index (χ2n) is 9.50. The third kappa shape index (κ3) is 5.17. The van der Waals surface area contributed by atoms with Gasteiger partial charge in [-0.25, -0.2) is 14.7 Å². The maximum Gasteiger partial charge on any atom is 0.281 e. The van der Waals surface area contributed by atoms with E-state index in [0.717, 1.165) is 12.0 Å². The van der Waals surface area contributed by atoms with Crippen LogP contribution in [0.1, 0.15) is 37.6 Å². The zero-order valence-corrected chi connectivity index (χ0v) is 22.3. The molecule has 37 heavy (non-hydrogen) atoms. The van der Waals surface area contributed by atoms with Crippen molar-refractivity contribution < 1.29 is 22.7 Å². The normalized spacial score (nSPS) is 16.9. The predicted molar refractivity (Wildman–Crippen MR) is 141 cm³/mol. The van der Waals surface area contributed by atoms with Crippen molar-refractivity contribution in [3.63, 3.8) is 0 Å². The van der Waals surface area contributed by atoms with Crippen LogP contribution >= 0.6 is 0 Å². The Morgan fingerprint density at radius 3 is 2.32 bits per heavy atom. The molecule has 3 aromatic rings. The molecule has 1 aliphatic heterocycles. The average Bonchev–Trinajstić information content (AvgIpc) is 3.14. The number of nitrogen functional groups attached to an aromatic ring is 1. The Kier molecular flexibility index (Phi) is 7.00. The van der Waals surface area contributed by atoms with Crippen molar-refractivity contribution in [2.24, 2.45) is 5.92 Å². The summed E-state index contributed by atoms with van der Waals surface area (Å²) in [5.74, 6) is 1.12. The predicted octanol–water partition coefficient (Wildman–Crippen LogP) is 3.49. The van der Waals surface area contributed by atoms with Crippen molar-refractivity contribution in [3.8, 4) is 22.8 Å². The summed E-state index contributed by atoms with van der Waals surface area (Å²) in [6.45, 7) is 6.98. The first-order valence-corrected chi connectivity index (χ1v) is 13.3. The molecule has 1 saturated heterocycles. The number of aromatic nitrogens is 2. The highest BCUT2D eigenvalue weighted by atomic mass is 32.2. The van der Waals surface area contributed by atoms with Crippen molar-refractivity contribution in [2.75, 3.05) is 31.4 Å². The van der Waals surface area contributed by atoms with Crippen LogP contribution in [0, 0.1) is 5.92 Å². The maximum absolute atomic E-state index is 13.4. The summed E-state index contributed by atoms with van der Waals surface area (Å²) in [6.07, 6.45) is 0.901. The number of benzene rings is 1. The molecule has 1 fully saturated rings. The van der Waals surface area contributed by atoms with Crippen LogP contribution in [0.15, 0.2) is 53.6 Å². The Balaban J connectivity index is 1.80. The fourth-order valence-electron chi connectivity index (χ4n) is 4.37. The molecular formula is C26H31N5O5S. The van der Waals surface area contributed by atoms with Crippen molar-refractivity contribution in [2.45, 2.75) is 37.8 Å². The Hall–Kier alpha value is -3.86. The van der Waals surface area contributed by atoms with E-state index in [0.29, 0.717) is 35.5 Å². The summed E-state index contributed by atoms with van der Waals surface area (Å²) in [4.78, 5) is 24.1. The topological polar surface area (TPSA) is 137 Å². The molecule has 11 heteroatoms. The number of carbonyl (C=O) groups excluding carboxylic acids is 1. The van der Waals surface area contributed by atoms with Gasteiger partial charge in [0.2, 0.25) is 0 Å². The molecule has 0 spiro atoms. The minimum Gasteiger partial charge on any atom is -0.497 e. The van der Waals surface area contributed by atoms with Gasteiger partial charge in [-0.3, -0.25) is 4.79 Å². The molecule has 1 aromatic carbocycles. The second-order valence-corrected chi connectivity index (χ2v) is 11.1. The largest absolute Gasteiger partial charge is 0.497 e. The number of hydrogen-bond acceptors (Lipinski definition) is 9. The molecule has 1 atom stereocenters. The van der Waals surface area contributed by atoms with E-state index in [9.17, 15) is 13.2 Å². The van der Waals surface area contributed by atoms with Gasteiger partial charge in [0.1, 0.15) is 23.1 Å². The van der Waals surface area contributed by atoms with E-state index in [1.54, 1.807) is 32.4 Å². The third-order valence-corrected chi connectivity index (χ3v) is 8.19. The summed E-state index contributed by atoms with van der Waals surface area (Å²) in [5.41, 5.74) is 6.76. The number of anilines is 2. The van der Waals surface area contributed by atoms with Gasteiger partial charge in [-0.1, -0.05) is 13.0 Å². The molecule has 10 nitrogen and oxygen atoms in total. The van der Waals surface area contributed by atoms with Crippen LogP contribution in [0.4, 0.5) is 11.6 Å². The van der Waals surface area contributed by atoms with Crippen molar-refractivity contribution >= 4 is 27.6 Å². The number of methoxy groups -OCH3 is 2. The molecule has 1 aliphatic rings. The van der Waals surface area contributed by atoms with Crippen LogP contribution in [-0.4, -0.2) is 50.6 Å². The number of nitrogens with one attached hydrogen (secondary N) is 1. The molecular weight excluding hydrogens is 494 g/mol. The van der Waals surface area contributed by atoms with Gasteiger partial charge >= 0.3 is 0 Å². The summed E-state index contributed by atoms with van der Waals surface area (Å²) < 4.78 is 38.7. The first-order valence-electron chi connectivity index (χ1n) is 11.8. The Morgan fingerprint density at radius 1 is 1.08 bits per heavy atom. The Bertz CT molecular complexity index is 1420. The fraction of sp³-hybridized carbons (Fsp3) is 0.346. The van der Waals surface area contributed by atoms with Crippen LogP contribution in [0.2, 0.25) is 0 Å². The lowest BCUT2D eigenvalue weighted by atomic mass is 9.90. The number of sulfonamides is 1. The number of pyridine rings is 2. The lowest BCUT2D eigenvalue weighted by Gasteiger charge is -2.36. The monoisotopic (exact) mass is 525 g/mol. The van der Waals surface area contributed by atoms with E-state index in [4.69, 9.17) is 20.2 Å². The number of carbonyl (C=O) groups is 1. The number of ether oxygens (including phenoxy) is 2. The second kappa shape index (κ2) is 9.89. The Morgan fingerprint density at radius 2 is 1.76 bits per heavy atom. The van der Waals surface area contributed by atoms with Gasteiger partial charge in [0.25, 0.3) is 15.9 Å². The lowest BCUT2D eigenvalue weighted by Crippen LogP contribution is -2.43. The van der Waals surface area contributed by atoms with Crippen molar-refractivity contribution in [3.05, 3.63) is 54.1 Å². The molecule has 2 aromatic heterocycles. The molecule has 0 aliphatic carbocycles. The van der Waals surface area contributed by atoms with Crippen LogP contribution in [0.5, 0.6) is 11.5 Å². The molecule has 196 valence electrons. The van der Waals surface area contributed by atoms with Gasteiger partial charge in [-0.2, -0.15) is 8.42 Å². The van der Waals surface area contributed by atoms with Crippen molar-refractivity contribution in [1.29, 1.82) is 0 Å². The molecule has 1 amide bonds. The fourth-order valence-corrected chi connectivity index (χ4v) is 5.31. The van der Waals surface area contributed by atoms with Gasteiger partial charge in [-0.05, 0) is 62.6 Å². The van der Waals surface area contributed by atoms with Crippen LogP contribution in [0.25, 0.3) is 11.3 Å². The number of hydrogen-bond donors (Lipinski definition) is 2. The van der Waals surface area contributed by atoms with Gasteiger partial charge in [0.15, 0.2) is 5.03 Å². The summed E-state index contributed by atoms with van der Waals surface area (Å²) in [7, 11) is -1.13. The highest BCUT2D eigenvalue weighted by Crippen LogP contribution is 2.40. The zero-order valence-electron chi connectivity index (χ0n) is 21.5. The van der Waals surface area contributed by atoms with E-state index in [2.05, 4.69) is 35.4 Å². The molecule has 1 unspecified atom stereocenters. The average molecular weight is 526 g/mol. The summed E-state index contributed by atoms with van der Waals surface area (Å²) >= 11 is 0. The van der Waals surface area contributed by atoms with Crippen LogP contribution < -0.4 is 24.8 Å². The first-order chi connectivity index (χ1) is 17.5. The molecule has 0 bridgehead atoms. The summed E-state index contributed by atoms with van der Waals surface area (Å²) in [5, 5.41) is -0.342. The number of rotatable bonds is 7. The molecule has 4 rings (SSSR count). The highest BCUT2D eigenvalue weighted by molar-refractivity contribution is 7.90. The SMILES string of the molecule is COc1cc(OC)cc(-c2ccc(C(=O)NS(=O)(=O)c3cccc(N)n3)c(N3CCC(C)C3(C)C)n2)c1. The third-order valence-electron chi connectivity index (χ3n) is 6.96. The molecule has 0 radical (unpaired) electrons. The first kappa shape index (κ1) is 26.2. The number of amides is 1. The molecule has 3 N–H and O–H groups in total. The maximum atomic E-state index is 13.4. The lowest BCUT2D eigenvalue weighted by molar-refractivity contribution is 0.0981. The number of nitrogens with two attached hydrogens (primary N) is 1. The highest BCUT2D eigenvalue weighted by Gasteiger charge is 2.41. The van der Waals surface area contributed by atoms with E-state index >= 15 is 0 Å². The standard InChI is InChI=1S/C26H31N5O5S/c1-16-11-12-31(26(16,2)3)24-20(25(32)30-37(33,34)23-8-6-7-22(27)29-23)9-10-21(28-24)17-13-18(35-4)15-19(14-17)36-5/h6-10,13-16H,11-12H2,1-5H3,(H2,27,29)(H,30,32). The van der Waals surface area contributed by atoms with Crippen LogP contribution in [-0.2, 0) is 10.0 Å². The molecule has 0 saturated carbocycles. The zero-order chi connectivity index (χ0) is 27.0. The number of nitrogens with zero attached hydrogens (tertiary/aromatic N) is 3. The van der Waals surface area contributed by atoms with E-state index in [1.165, 1.54) is 18.2 Å². The Labute approximate surface area is 216 Å². The van der Waals surface area contributed by atoms with Gasteiger partial charge in [0, 0.05) is 23.7 Å². The molecule has 3 heterocycles. The van der Waals surface area contributed by atoms with E-state index < -0.39 is 15.9 Å². The smallest absolute Gasteiger partial charge is 0.281 e. The minimum absolute atomic E-state index is 0.0311. The van der Waals surface area contributed by atoms with Gasteiger partial charge in [-0.15, -0.1) is 0 Å². The van der Waals surface area contributed by atoms with E-state index in [1.807, 2.05) is 12.1 Å². The van der Waals surface area contributed by atoms with Crippen LogP contribution in [0.3, 0.4) is 0 Å². The van der Waals surface area contributed by atoms with Gasteiger partial charge in [0.05, 0.1) is 25.5 Å². The quantitative estimate of drug-likeness (QED) is 0.475. The van der Waals surface area contributed by atoms with E-state index in [-0.39, 0.29) is 21.9 Å².